The van der Waals surface area contributed by atoms with Gasteiger partial charge in [-0.3, -0.25) is 0 Å². The lowest BCUT2D eigenvalue weighted by atomic mass is 10.1. The van der Waals surface area contributed by atoms with Crippen molar-refractivity contribution < 1.29 is 22.6 Å². The molecule has 0 saturated carbocycles. The molecule has 2 aromatic rings. The average molecular weight is 351 g/mol. The van der Waals surface area contributed by atoms with Crippen molar-refractivity contribution in [1.29, 1.82) is 0 Å². The fraction of sp³-hybridized carbons (Fsp3) is 0.294. The Morgan fingerprint density at radius 2 is 1.54 bits per heavy atom. The number of nitrogens with one attached hydrogen (secondary N) is 1. The van der Waals surface area contributed by atoms with Crippen LogP contribution in [0.4, 0.5) is 0 Å². The standard InChI is InChI=1S/C17H21NO5S/c1-21-15-7-5-4-6-13(15)10-11-18-24(19,20)14-8-9-16(22-2)17(12-14)23-3/h4-9,12,18H,10-11H2,1-3H3. The van der Waals surface area contributed by atoms with Crippen LogP contribution in [0, 0.1) is 0 Å². The first-order chi connectivity index (χ1) is 11.5. The number of para-hydroxylation sites is 1. The second-order valence-corrected chi connectivity index (χ2v) is 6.74. The van der Waals surface area contributed by atoms with Gasteiger partial charge in [0.25, 0.3) is 0 Å². The summed E-state index contributed by atoms with van der Waals surface area (Å²) in [6.45, 7) is 0.261. The van der Waals surface area contributed by atoms with Gasteiger partial charge in [0.15, 0.2) is 11.5 Å². The molecule has 0 unspecified atom stereocenters. The lowest BCUT2D eigenvalue weighted by molar-refractivity contribution is 0.354. The van der Waals surface area contributed by atoms with Crippen molar-refractivity contribution in [1.82, 2.24) is 4.72 Å². The van der Waals surface area contributed by atoms with Crippen molar-refractivity contribution in [2.24, 2.45) is 0 Å². The van der Waals surface area contributed by atoms with E-state index in [1.54, 1.807) is 13.2 Å². The highest BCUT2D eigenvalue weighted by atomic mass is 32.2. The van der Waals surface area contributed by atoms with Crippen molar-refractivity contribution >= 4 is 10.0 Å². The van der Waals surface area contributed by atoms with Gasteiger partial charge in [0.1, 0.15) is 5.75 Å². The van der Waals surface area contributed by atoms with Gasteiger partial charge in [0.05, 0.1) is 26.2 Å². The lowest BCUT2D eigenvalue weighted by Gasteiger charge is -2.12. The molecule has 0 atom stereocenters. The number of methoxy groups -OCH3 is 3. The topological polar surface area (TPSA) is 73.9 Å². The molecule has 6 nitrogen and oxygen atoms in total. The minimum Gasteiger partial charge on any atom is -0.496 e. The summed E-state index contributed by atoms with van der Waals surface area (Å²) in [5.74, 6) is 1.58. The fourth-order valence-electron chi connectivity index (χ4n) is 2.30. The van der Waals surface area contributed by atoms with Crippen molar-refractivity contribution in [2.75, 3.05) is 27.9 Å². The summed E-state index contributed by atoms with van der Waals surface area (Å²) in [5, 5.41) is 0. The molecule has 130 valence electrons. The van der Waals surface area contributed by atoms with Crippen LogP contribution >= 0.6 is 0 Å². The second kappa shape index (κ2) is 8.03. The zero-order valence-corrected chi connectivity index (χ0v) is 14.7. The average Bonchev–Trinajstić information content (AvgIpc) is 2.61. The Hall–Kier alpha value is -2.25. The molecule has 0 aliphatic rings. The monoisotopic (exact) mass is 351 g/mol. The van der Waals surface area contributed by atoms with Gasteiger partial charge in [-0.2, -0.15) is 0 Å². The van der Waals surface area contributed by atoms with Gasteiger partial charge in [-0.05, 0) is 30.2 Å². The van der Waals surface area contributed by atoms with E-state index in [1.165, 1.54) is 26.4 Å². The predicted octanol–water partition coefficient (Wildman–Crippen LogP) is 2.23. The van der Waals surface area contributed by atoms with E-state index in [0.29, 0.717) is 17.9 Å². The molecule has 0 fully saturated rings. The van der Waals surface area contributed by atoms with Crippen LogP contribution in [0.5, 0.6) is 17.2 Å². The number of hydrogen-bond acceptors (Lipinski definition) is 5. The van der Waals surface area contributed by atoms with Crippen molar-refractivity contribution in [3.05, 3.63) is 48.0 Å². The van der Waals surface area contributed by atoms with Gasteiger partial charge in [0, 0.05) is 12.6 Å². The molecular weight excluding hydrogens is 330 g/mol. The minimum absolute atomic E-state index is 0.125. The van der Waals surface area contributed by atoms with E-state index >= 15 is 0 Å². The maximum atomic E-state index is 12.4. The Bertz CT molecular complexity index is 789. The van der Waals surface area contributed by atoms with Crippen LogP contribution < -0.4 is 18.9 Å². The third-order valence-electron chi connectivity index (χ3n) is 3.54. The summed E-state index contributed by atoms with van der Waals surface area (Å²) >= 11 is 0. The molecule has 0 radical (unpaired) electrons. The van der Waals surface area contributed by atoms with E-state index in [0.717, 1.165) is 11.3 Å². The van der Waals surface area contributed by atoms with E-state index in [9.17, 15) is 8.42 Å². The third kappa shape index (κ3) is 4.18. The molecule has 2 aromatic carbocycles. The zero-order chi connectivity index (χ0) is 17.6. The van der Waals surface area contributed by atoms with Crippen molar-refractivity contribution in [3.63, 3.8) is 0 Å². The van der Waals surface area contributed by atoms with E-state index in [-0.39, 0.29) is 11.4 Å². The quantitative estimate of drug-likeness (QED) is 0.789. The van der Waals surface area contributed by atoms with Crippen molar-refractivity contribution in [2.45, 2.75) is 11.3 Å². The van der Waals surface area contributed by atoms with Crippen molar-refractivity contribution in [3.8, 4) is 17.2 Å². The SMILES string of the molecule is COc1ccccc1CCNS(=O)(=O)c1ccc(OC)c(OC)c1. The number of hydrogen-bond donors (Lipinski definition) is 1. The number of sulfonamides is 1. The molecule has 0 saturated heterocycles. The smallest absolute Gasteiger partial charge is 0.240 e. The number of benzene rings is 2. The Morgan fingerprint density at radius 3 is 2.21 bits per heavy atom. The van der Waals surface area contributed by atoms with Gasteiger partial charge in [0.2, 0.25) is 10.0 Å². The maximum absolute atomic E-state index is 12.4. The number of ether oxygens (including phenoxy) is 3. The summed E-state index contributed by atoms with van der Waals surface area (Å²) in [5.41, 5.74) is 0.940. The Labute approximate surface area is 142 Å². The van der Waals surface area contributed by atoms with Crippen LogP contribution in [0.25, 0.3) is 0 Å². The van der Waals surface area contributed by atoms with E-state index in [1.807, 2.05) is 24.3 Å². The summed E-state index contributed by atoms with van der Waals surface area (Å²) in [4.78, 5) is 0.125. The molecule has 0 amide bonds. The van der Waals surface area contributed by atoms with Gasteiger partial charge in [-0.1, -0.05) is 18.2 Å². The first-order valence-electron chi connectivity index (χ1n) is 7.35. The number of rotatable bonds is 8. The summed E-state index contributed by atoms with van der Waals surface area (Å²) in [6.07, 6.45) is 0.524. The maximum Gasteiger partial charge on any atom is 0.240 e. The zero-order valence-electron chi connectivity index (χ0n) is 13.9. The molecule has 0 spiro atoms. The largest absolute Gasteiger partial charge is 0.496 e. The van der Waals surface area contributed by atoms with Gasteiger partial charge < -0.3 is 14.2 Å². The van der Waals surface area contributed by atoms with Gasteiger partial charge in [-0.25, -0.2) is 13.1 Å². The summed E-state index contributed by atoms with van der Waals surface area (Å²) < 4.78 is 42.9. The highest BCUT2D eigenvalue weighted by Crippen LogP contribution is 2.29. The Kier molecular flexibility index (Phi) is 6.05. The van der Waals surface area contributed by atoms with E-state index in [4.69, 9.17) is 14.2 Å². The first kappa shape index (κ1) is 18.1. The fourth-order valence-corrected chi connectivity index (χ4v) is 3.34. The normalized spacial score (nSPS) is 11.1. The van der Waals surface area contributed by atoms with Crippen LogP contribution in [0.2, 0.25) is 0 Å². The Morgan fingerprint density at radius 1 is 0.875 bits per heavy atom. The highest BCUT2D eigenvalue weighted by molar-refractivity contribution is 7.89. The van der Waals surface area contributed by atoms with Crippen LogP contribution in [0.1, 0.15) is 5.56 Å². The summed E-state index contributed by atoms with van der Waals surface area (Å²) in [6, 6.07) is 12.0. The molecule has 24 heavy (non-hydrogen) atoms. The molecular formula is C17H21NO5S. The molecule has 0 aliphatic carbocycles. The molecule has 7 heteroatoms. The predicted molar refractivity (Wildman–Crippen MR) is 91.4 cm³/mol. The Balaban J connectivity index is 2.09. The van der Waals surface area contributed by atoms with E-state index < -0.39 is 10.0 Å². The van der Waals surface area contributed by atoms with Crippen LogP contribution in [0.15, 0.2) is 47.4 Å². The molecule has 2 rings (SSSR count). The van der Waals surface area contributed by atoms with Crippen LogP contribution in [-0.2, 0) is 16.4 Å². The minimum atomic E-state index is -3.63. The molecule has 1 N–H and O–H groups in total. The lowest BCUT2D eigenvalue weighted by Crippen LogP contribution is -2.26. The highest BCUT2D eigenvalue weighted by Gasteiger charge is 2.16. The molecule has 0 bridgehead atoms. The van der Waals surface area contributed by atoms with E-state index in [2.05, 4.69) is 4.72 Å². The van der Waals surface area contributed by atoms with Gasteiger partial charge >= 0.3 is 0 Å². The first-order valence-corrected chi connectivity index (χ1v) is 8.83. The van der Waals surface area contributed by atoms with Crippen LogP contribution in [0.3, 0.4) is 0 Å². The molecule has 0 heterocycles. The molecule has 0 aliphatic heterocycles. The molecule has 0 aromatic heterocycles. The van der Waals surface area contributed by atoms with Crippen LogP contribution in [-0.4, -0.2) is 36.3 Å². The van der Waals surface area contributed by atoms with Gasteiger partial charge in [-0.15, -0.1) is 0 Å². The summed E-state index contributed by atoms with van der Waals surface area (Å²) in [7, 11) is 0.915. The second-order valence-electron chi connectivity index (χ2n) is 4.98. The third-order valence-corrected chi connectivity index (χ3v) is 5.00.